The first kappa shape index (κ1) is 15.1. The lowest BCUT2D eigenvalue weighted by molar-refractivity contribution is -0.120. The zero-order chi connectivity index (χ0) is 15.4. The van der Waals surface area contributed by atoms with Crippen molar-refractivity contribution in [2.45, 2.75) is 6.04 Å². The SMILES string of the molecule is CN(C)C(C(=O)Nc1c(F)cccc1F)c1ccccc1. The highest BCUT2D eigenvalue weighted by Crippen LogP contribution is 2.23. The van der Waals surface area contributed by atoms with Gasteiger partial charge in [-0.25, -0.2) is 8.78 Å². The molecular weight excluding hydrogens is 274 g/mol. The number of halogens is 2. The molecule has 0 radical (unpaired) electrons. The lowest BCUT2D eigenvalue weighted by atomic mass is 10.1. The van der Waals surface area contributed by atoms with Gasteiger partial charge in [-0.05, 0) is 31.8 Å². The average Bonchev–Trinajstić information content (AvgIpc) is 2.44. The highest BCUT2D eigenvalue weighted by Gasteiger charge is 2.24. The maximum atomic E-state index is 13.6. The number of rotatable bonds is 4. The van der Waals surface area contributed by atoms with Crippen molar-refractivity contribution in [1.29, 1.82) is 0 Å². The molecule has 5 heteroatoms. The van der Waals surface area contributed by atoms with Gasteiger partial charge in [0.1, 0.15) is 23.4 Å². The first-order chi connectivity index (χ1) is 10.0. The Bertz CT molecular complexity index is 609. The molecule has 21 heavy (non-hydrogen) atoms. The third-order valence-corrected chi connectivity index (χ3v) is 3.09. The van der Waals surface area contributed by atoms with Crippen LogP contribution < -0.4 is 5.32 Å². The molecule has 1 N–H and O–H groups in total. The van der Waals surface area contributed by atoms with Crippen molar-refractivity contribution in [3.63, 3.8) is 0 Å². The Morgan fingerprint density at radius 3 is 2.10 bits per heavy atom. The lowest BCUT2D eigenvalue weighted by Crippen LogP contribution is -2.32. The molecule has 0 aliphatic heterocycles. The minimum absolute atomic E-state index is 0.426. The van der Waals surface area contributed by atoms with Crippen LogP contribution >= 0.6 is 0 Å². The molecule has 2 aromatic carbocycles. The number of nitrogens with zero attached hydrogens (tertiary/aromatic N) is 1. The number of anilines is 1. The van der Waals surface area contributed by atoms with Crippen LogP contribution in [0.1, 0.15) is 11.6 Å². The standard InChI is InChI=1S/C16H16F2N2O/c1-20(2)15(11-7-4-3-5-8-11)16(21)19-14-12(17)9-6-10-13(14)18/h3-10,15H,1-2H3,(H,19,21). The summed E-state index contributed by atoms with van der Waals surface area (Å²) in [6.07, 6.45) is 0. The van der Waals surface area contributed by atoms with Crippen molar-refractivity contribution in [2.24, 2.45) is 0 Å². The fourth-order valence-electron chi connectivity index (χ4n) is 2.13. The molecule has 0 aliphatic carbocycles. The van der Waals surface area contributed by atoms with Gasteiger partial charge in [-0.15, -0.1) is 0 Å². The molecule has 2 rings (SSSR count). The van der Waals surface area contributed by atoms with Crippen molar-refractivity contribution in [1.82, 2.24) is 4.90 Å². The van der Waals surface area contributed by atoms with E-state index in [1.54, 1.807) is 31.1 Å². The van der Waals surface area contributed by atoms with Crippen molar-refractivity contribution in [3.05, 3.63) is 65.7 Å². The minimum atomic E-state index is -0.797. The summed E-state index contributed by atoms with van der Waals surface area (Å²) in [5.74, 6) is -2.09. The Morgan fingerprint density at radius 1 is 1.00 bits per heavy atom. The summed E-state index contributed by atoms with van der Waals surface area (Å²) in [5, 5.41) is 2.33. The molecule has 1 atom stereocenters. The molecule has 0 aliphatic rings. The number of benzene rings is 2. The number of carbonyl (C=O) groups is 1. The van der Waals surface area contributed by atoms with Crippen LogP contribution in [0.4, 0.5) is 14.5 Å². The van der Waals surface area contributed by atoms with E-state index in [4.69, 9.17) is 0 Å². The fourth-order valence-corrected chi connectivity index (χ4v) is 2.13. The molecule has 0 saturated carbocycles. The van der Waals surface area contributed by atoms with Crippen molar-refractivity contribution < 1.29 is 13.6 Å². The summed E-state index contributed by atoms with van der Waals surface area (Å²) in [6.45, 7) is 0. The predicted octanol–water partition coefficient (Wildman–Crippen LogP) is 3.21. The van der Waals surface area contributed by atoms with E-state index >= 15 is 0 Å². The second kappa shape index (κ2) is 6.45. The topological polar surface area (TPSA) is 32.3 Å². The van der Waals surface area contributed by atoms with Gasteiger partial charge in [0, 0.05) is 0 Å². The number of hydrogen-bond acceptors (Lipinski definition) is 2. The van der Waals surface area contributed by atoms with Crippen LogP contribution in [0.15, 0.2) is 48.5 Å². The van der Waals surface area contributed by atoms with E-state index in [1.165, 1.54) is 6.07 Å². The number of carbonyl (C=O) groups excluding carboxylic acids is 1. The number of likely N-dealkylation sites (N-methyl/N-ethyl adjacent to an activating group) is 1. The van der Waals surface area contributed by atoms with Crippen LogP contribution in [0.2, 0.25) is 0 Å². The van der Waals surface area contributed by atoms with Crippen molar-refractivity contribution in [2.75, 3.05) is 19.4 Å². The molecule has 0 saturated heterocycles. The van der Waals surface area contributed by atoms with E-state index in [9.17, 15) is 13.6 Å². The Labute approximate surface area is 122 Å². The Kier molecular flexibility index (Phi) is 4.65. The minimum Gasteiger partial charge on any atom is -0.320 e. The van der Waals surface area contributed by atoms with Gasteiger partial charge in [0.2, 0.25) is 5.91 Å². The van der Waals surface area contributed by atoms with Gasteiger partial charge in [0.25, 0.3) is 0 Å². The van der Waals surface area contributed by atoms with E-state index in [1.807, 2.05) is 18.2 Å². The van der Waals surface area contributed by atoms with Crippen LogP contribution in [-0.4, -0.2) is 24.9 Å². The van der Waals surface area contributed by atoms with Crippen molar-refractivity contribution >= 4 is 11.6 Å². The smallest absolute Gasteiger partial charge is 0.246 e. The summed E-state index contributed by atoms with van der Waals surface area (Å²) in [5.41, 5.74) is 0.321. The van der Waals surface area contributed by atoms with Crippen LogP contribution in [0.3, 0.4) is 0 Å². The first-order valence-electron chi connectivity index (χ1n) is 6.47. The quantitative estimate of drug-likeness (QED) is 0.937. The molecule has 2 aromatic rings. The zero-order valence-corrected chi connectivity index (χ0v) is 11.8. The summed E-state index contributed by atoms with van der Waals surface area (Å²) in [7, 11) is 3.46. The number of nitrogens with one attached hydrogen (secondary N) is 1. The number of amides is 1. The number of para-hydroxylation sites is 1. The van der Waals surface area contributed by atoms with Gasteiger partial charge in [0.15, 0.2) is 0 Å². The largest absolute Gasteiger partial charge is 0.320 e. The maximum Gasteiger partial charge on any atom is 0.246 e. The van der Waals surface area contributed by atoms with Gasteiger partial charge >= 0.3 is 0 Å². The van der Waals surface area contributed by atoms with Gasteiger partial charge in [0.05, 0.1) is 0 Å². The van der Waals surface area contributed by atoms with E-state index < -0.39 is 29.3 Å². The summed E-state index contributed by atoms with van der Waals surface area (Å²) < 4.78 is 27.2. The number of hydrogen-bond donors (Lipinski definition) is 1. The highest BCUT2D eigenvalue weighted by atomic mass is 19.1. The van der Waals surface area contributed by atoms with Crippen LogP contribution in [0.5, 0.6) is 0 Å². The molecule has 1 amide bonds. The zero-order valence-electron chi connectivity index (χ0n) is 11.8. The molecule has 0 spiro atoms. The van der Waals surface area contributed by atoms with Crippen LogP contribution in [0.25, 0.3) is 0 Å². The second-order valence-electron chi connectivity index (χ2n) is 4.86. The van der Waals surface area contributed by atoms with Crippen molar-refractivity contribution in [3.8, 4) is 0 Å². The Morgan fingerprint density at radius 2 is 1.57 bits per heavy atom. The third kappa shape index (κ3) is 3.44. The van der Waals surface area contributed by atoms with Gasteiger partial charge in [-0.1, -0.05) is 36.4 Å². The molecule has 0 heterocycles. The van der Waals surface area contributed by atoms with E-state index in [-0.39, 0.29) is 0 Å². The molecule has 110 valence electrons. The molecule has 0 aromatic heterocycles. The van der Waals surface area contributed by atoms with Crippen LogP contribution in [-0.2, 0) is 4.79 Å². The van der Waals surface area contributed by atoms with Gasteiger partial charge < -0.3 is 5.32 Å². The van der Waals surface area contributed by atoms with Crippen LogP contribution in [0, 0.1) is 11.6 Å². The monoisotopic (exact) mass is 290 g/mol. The van der Waals surface area contributed by atoms with E-state index in [2.05, 4.69) is 5.32 Å². The Balaban J connectivity index is 2.29. The van der Waals surface area contributed by atoms with Gasteiger partial charge in [-0.2, -0.15) is 0 Å². The molecule has 0 fully saturated rings. The average molecular weight is 290 g/mol. The third-order valence-electron chi connectivity index (χ3n) is 3.09. The maximum absolute atomic E-state index is 13.6. The predicted molar refractivity (Wildman–Crippen MR) is 77.9 cm³/mol. The normalized spacial score (nSPS) is 12.2. The van der Waals surface area contributed by atoms with E-state index in [0.29, 0.717) is 0 Å². The Hall–Kier alpha value is -2.27. The molecule has 3 nitrogen and oxygen atoms in total. The highest BCUT2D eigenvalue weighted by molar-refractivity contribution is 5.95. The fraction of sp³-hybridized carbons (Fsp3) is 0.188. The van der Waals surface area contributed by atoms with Gasteiger partial charge in [-0.3, -0.25) is 9.69 Å². The first-order valence-corrected chi connectivity index (χ1v) is 6.47. The second-order valence-corrected chi connectivity index (χ2v) is 4.86. The molecule has 1 unspecified atom stereocenters. The summed E-state index contributed by atoms with van der Waals surface area (Å²) in [6, 6.07) is 11.9. The molecular formula is C16H16F2N2O. The lowest BCUT2D eigenvalue weighted by Gasteiger charge is -2.24. The summed E-state index contributed by atoms with van der Waals surface area (Å²) >= 11 is 0. The van der Waals surface area contributed by atoms with E-state index in [0.717, 1.165) is 17.7 Å². The summed E-state index contributed by atoms with van der Waals surface area (Å²) in [4.78, 5) is 14.1. The molecule has 0 bridgehead atoms.